The van der Waals surface area contributed by atoms with Gasteiger partial charge >= 0.3 is 5.97 Å². The van der Waals surface area contributed by atoms with Gasteiger partial charge in [-0.2, -0.15) is 0 Å². The first-order valence-corrected chi connectivity index (χ1v) is 15.6. The summed E-state index contributed by atoms with van der Waals surface area (Å²) in [4.78, 5) is 58.4. The van der Waals surface area contributed by atoms with Crippen LogP contribution in [0.3, 0.4) is 0 Å². The predicted molar refractivity (Wildman–Crippen MR) is 175 cm³/mol. The molecular weight excluding hydrogens is 608 g/mol. The molecule has 14 heteroatoms. The van der Waals surface area contributed by atoms with Crippen LogP contribution in [0.5, 0.6) is 17.2 Å². The molecule has 47 heavy (non-hydrogen) atoms. The summed E-state index contributed by atoms with van der Waals surface area (Å²) in [6.45, 7) is 2.11. The number of benzene rings is 2. The van der Waals surface area contributed by atoms with Gasteiger partial charge in [0, 0.05) is 25.9 Å². The van der Waals surface area contributed by atoms with Crippen LogP contribution in [0.25, 0.3) is 0 Å². The molecule has 0 unspecified atom stereocenters. The normalized spacial score (nSPS) is 16.0. The zero-order chi connectivity index (χ0) is 34.6. The molecule has 0 saturated carbocycles. The Morgan fingerprint density at radius 3 is 2.36 bits per heavy atom. The molecule has 3 rings (SSSR count). The average Bonchev–Trinajstić information content (AvgIpc) is 3.53. The molecule has 2 aromatic carbocycles. The van der Waals surface area contributed by atoms with E-state index in [-0.39, 0.29) is 43.4 Å². The van der Waals surface area contributed by atoms with Gasteiger partial charge in [-0.1, -0.05) is 18.2 Å². The molecule has 0 aliphatic carbocycles. The number of phenolic OH excluding ortho intramolecular Hbond substituents is 1. The van der Waals surface area contributed by atoms with E-state index >= 15 is 0 Å². The Morgan fingerprint density at radius 1 is 1.04 bits per heavy atom. The lowest BCUT2D eigenvalue weighted by molar-refractivity contribution is -0.144. The summed E-state index contributed by atoms with van der Waals surface area (Å²) in [5, 5.41) is 24.8. The van der Waals surface area contributed by atoms with Crippen LogP contribution in [-0.4, -0.2) is 89.7 Å². The molecule has 1 heterocycles. The quantitative estimate of drug-likeness (QED) is 0.0819. The first-order chi connectivity index (χ1) is 22.4. The number of carboxylic acids is 1. The van der Waals surface area contributed by atoms with Crippen molar-refractivity contribution in [2.45, 2.75) is 75.9 Å². The summed E-state index contributed by atoms with van der Waals surface area (Å²) in [7, 11) is 2.97. The summed E-state index contributed by atoms with van der Waals surface area (Å²) >= 11 is 0. The number of methoxy groups -OCH3 is 2. The van der Waals surface area contributed by atoms with Gasteiger partial charge in [0.1, 0.15) is 23.4 Å². The minimum absolute atomic E-state index is 0.0153. The molecule has 1 aliphatic heterocycles. The highest BCUT2D eigenvalue weighted by Gasteiger charge is 2.42. The second-order valence-corrected chi connectivity index (χ2v) is 11.8. The lowest BCUT2D eigenvalue weighted by atomic mass is 9.90. The topological polar surface area (TPSA) is 219 Å². The van der Waals surface area contributed by atoms with Gasteiger partial charge in [-0.25, -0.2) is 4.79 Å². The predicted octanol–water partition coefficient (Wildman–Crippen LogP) is 1.46. The van der Waals surface area contributed by atoms with Crippen molar-refractivity contribution in [3.8, 4) is 17.2 Å². The fourth-order valence-electron chi connectivity index (χ4n) is 5.60. The van der Waals surface area contributed by atoms with E-state index in [2.05, 4.69) is 15.6 Å². The number of aliphatic imine (C=N–C) groups is 1. The molecule has 8 N–H and O–H groups in total. The van der Waals surface area contributed by atoms with Crippen LogP contribution >= 0.6 is 0 Å². The van der Waals surface area contributed by atoms with Gasteiger partial charge in [-0.3, -0.25) is 19.4 Å². The van der Waals surface area contributed by atoms with Gasteiger partial charge in [-0.05, 0) is 80.8 Å². The Bertz CT molecular complexity index is 1430. The van der Waals surface area contributed by atoms with E-state index in [1.165, 1.54) is 21.1 Å². The highest BCUT2D eigenvalue weighted by Crippen LogP contribution is 2.30. The number of nitrogens with zero attached hydrogens (tertiary/aromatic N) is 2. The van der Waals surface area contributed by atoms with Crippen molar-refractivity contribution < 1.29 is 38.9 Å². The lowest BCUT2D eigenvalue weighted by Gasteiger charge is -2.34. The minimum atomic E-state index is -1.61. The van der Waals surface area contributed by atoms with Crippen molar-refractivity contribution in [2.75, 3.05) is 27.3 Å². The van der Waals surface area contributed by atoms with Crippen LogP contribution in [0, 0.1) is 0 Å². The third-order valence-electron chi connectivity index (χ3n) is 8.12. The Hall–Kier alpha value is -5.01. The number of amides is 3. The maximum atomic E-state index is 13.9. The molecule has 0 spiro atoms. The summed E-state index contributed by atoms with van der Waals surface area (Å²) in [5.74, 6) is -1.69. The number of carbonyl (C=O) groups is 4. The van der Waals surface area contributed by atoms with Crippen LogP contribution in [0.2, 0.25) is 0 Å². The molecule has 0 aromatic heterocycles. The van der Waals surface area contributed by atoms with Crippen molar-refractivity contribution in [3.05, 3.63) is 53.6 Å². The number of aryl methyl sites for hydroxylation is 1. The number of guanidine groups is 1. The molecule has 0 radical (unpaired) electrons. The molecule has 2 aromatic rings. The van der Waals surface area contributed by atoms with Crippen molar-refractivity contribution >= 4 is 29.7 Å². The number of ether oxygens (including phenoxy) is 2. The van der Waals surface area contributed by atoms with Crippen LogP contribution in [0.15, 0.2) is 47.5 Å². The standard InChI is InChI=1S/C33H46N6O8/c1-33(20-22-13-16-26(46-2)27(19-22)47-3,31(45)37-24(30(43)44)8-5-17-36-32(34)35)38-29(42)25-9-6-18-39(25)28(41)10-4-7-21-11-14-23(40)15-12-21/h11-16,19,24-25,40H,4-10,17-18,20H2,1-3H3,(H,37,45)(H,38,42)(H,43,44)(H4,34,35,36)/t24-,25-,33-/m0/s1. The van der Waals surface area contributed by atoms with Crippen molar-refractivity contribution in [1.29, 1.82) is 0 Å². The van der Waals surface area contributed by atoms with E-state index in [0.717, 1.165) is 5.56 Å². The monoisotopic (exact) mass is 654 g/mol. The second kappa shape index (κ2) is 17.1. The average molecular weight is 655 g/mol. The maximum Gasteiger partial charge on any atom is 0.326 e. The van der Waals surface area contributed by atoms with E-state index in [1.54, 1.807) is 47.4 Å². The number of phenols is 1. The van der Waals surface area contributed by atoms with E-state index in [4.69, 9.17) is 20.9 Å². The molecule has 3 atom stereocenters. The van der Waals surface area contributed by atoms with Crippen molar-refractivity contribution in [2.24, 2.45) is 16.5 Å². The van der Waals surface area contributed by atoms with Crippen LogP contribution in [-0.2, 0) is 32.0 Å². The van der Waals surface area contributed by atoms with Gasteiger partial charge in [0.05, 0.1) is 14.2 Å². The zero-order valence-corrected chi connectivity index (χ0v) is 27.2. The van der Waals surface area contributed by atoms with E-state index in [0.29, 0.717) is 55.7 Å². The van der Waals surface area contributed by atoms with Gasteiger partial charge in [0.2, 0.25) is 17.7 Å². The van der Waals surface area contributed by atoms with Gasteiger partial charge in [0.15, 0.2) is 17.5 Å². The van der Waals surface area contributed by atoms with E-state index < -0.39 is 35.4 Å². The Morgan fingerprint density at radius 2 is 1.72 bits per heavy atom. The molecule has 256 valence electrons. The third kappa shape index (κ3) is 10.5. The number of rotatable bonds is 17. The van der Waals surface area contributed by atoms with E-state index in [9.17, 15) is 29.4 Å². The molecular formula is C33H46N6O8. The minimum Gasteiger partial charge on any atom is -0.508 e. The smallest absolute Gasteiger partial charge is 0.326 e. The zero-order valence-electron chi connectivity index (χ0n) is 27.2. The second-order valence-electron chi connectivity index (χ2n) is 11.8. The highest BCUT2D eigenvalue weighted by atomic mass is 16.5. The molecule has 0 bridgehead atoms. The number of hydrogen-bond acceptors (Lipinski definition) is 8. The SMILES string of the molecule is COc1ccc(C[C@](C)(NC(=O)[C@@H]2CCCN2C(=O)CCCc2ccc(O)cc2)C(=O)N[C@@H](CCCN=C(N)N)C(=O)O)cc1OC. The maximum absolute atomic E-state index is 13.9. The Balaban J connectivity index is 1.78. The highest BCUT2D eigenvalue weighted by molar-refractivity contribution is 5.96. The number of hydrogen-bond donors (Lipinski definition) is 6. The fraction of sp³-hybridized carbons (Fsp3) is 0.485. The first-order valence-electron chi connectivity index (χ1n) is 15.6. The molecule has 14 nitrogen and oxygen atoms in total. The largest absolute Gasteiger partial charge is 0.508 e. The Labute approximate surface area is 274 Å². The molecule has 1 saturated heterocycles. The summed E-state index contributed by atoms with van der Waals surface area (Å²) in [5.41, 5.74) is 10.7. The van der Waals surface area contributed by atoms with Crippen LogP contribution in [0.4, 0.5) is 0 Å². The number of nitrogens with one attached hydrogen (secondary N) is 2. The van der Waals surface area contributed by atoms with E-state index in [1.807, 2.05) is 0 Å². The number of likely N-dealkylation sites (tertiary alicyclic amines) is 1. The Kier molecular flexibility index (Phi) is 13.2. The van der Waals surface area contributed by atoms with Crippen LogP contribution < -0.4 is 31.6 Å². The van der Waals surface area contributed by atoms with Crippen molar-refractivity contribution in [1.82, 2.24) is 15.5 Å². The lowest BCUT2D eigenvalue weighted by Crippen LogP contribution is -2.63. The molecule has 3 amide bonds. The third-order valence-corrected chi connectivity index (χ3v) is 8.12. The van der Waals surface area contributed by atoms with Gasteiger partial charge in [0.25, 0.3) is 0 Å². The number of carboxylic acid groups (broad SMARTS) is 1. The van der Waals surface area contributed by atoms with Crippen molar-refractivity contribution in [3.63, 3.8) is 0 Å². The number of aliphatic carboxylic acids is 1. The number of nitrogens with two attached hydrogens (primary N) is 2. The van der Waals surface area contributed by atoms with Gasteiger partial charge < -0.3 is 46.7 Å². The number of aromatic hydroxyl groups is 1. The summed E-state index contributed by atoms with van der Waals surface area (Å²) in [6, 6.07) is 9.82. The summed E-state index contributed by atoms with van der Waals surface area (Å²) in [6.07, 6.45) is 2.80. The van der Waals surface area contributed by atoms with Gasteiger partial charge in [-0.15, -0.1) is 0 Å². The molecule has 1 aliphatic rings. The fourth-order valence-corrected chi connectivity index (χ4v) is 5.60. The number of carbonyl (C=O) groups excluding carboxylic acids is 3. The van der Waals surface area contributed by atoms with Crippen LogP contribution in [0.1, 0.15) is 56.6 Å². The first kappa shape index (κ1) is 36.5. The molecule has 1 fully saturated rings. The summed E-state index contributed by atoms with van der Waals surface area (Å²) < 4.78 is 10.7.